The third-order valence-electron chi connectivity index (χ3n) is 5.33. The van der Waals surface area contributed by atoms with Crippen LogP contribution >= 0.6 is 0 Å². The van der Waals surface area contributed by atoms with Gasteiger partial charge in [0, 0.05) is 39.4 Å². The lowest BCUT2D eigenvalue weighted by Gasteiger charge is -2.08. The summed E-state index contributed by atoms with van der Waals surface area (Å²) in [7, 11) is 1.98. The molecule has 0 saturated carbocycles. The SMILES string of the molecule is Cc1cc(-c2cc(-c3cc4c(cc3C)oc3nc(F)ccc34)[n+](C)cn2)cc(C)n1. The molecule has 6 heteroatoms. The van der Waals surface area contributed by atoms with Crippen LogP contribution in [0, 0.1) is 26.7 Å². The summed E-state index contributed by atoms with van der Waals surface area (Å²) in [5.74, 6) is -0.549. The third-order valence-corrected chi connectivity index (χ3v) is 5.33. The summed E-state index contributed by atoms with van der Waals surface area (Å²) in [5.41, 5.74) is 7.99. The van der Waals surface area contributed by atoms with Crippen molar-refractivity contribution < 1.29 is 13.4 Å². The first-order chi connectivity index (χ1) is 14.4. The van der Waals surface area contributed by atoms with Gasteiger partial charge in [0.15, 0.2) is 5.69 Å². The van der Waals surface area contributed by atoms with Crippen LogP contribution in [0.2, 0.25) is 0 Å². The highest BCUT2D eigenvalue weighted by Gasteiger charge is 2.18. The van der Waals surface area contributed by atoms with Crippen LogP contribution in [0.25, 0.3) is 44.6 Å². The normalized spacial score (nSPS) is 11.5. The van der Waals surface area contributed by atoms with Crippen molar-refractivity contribution in [3.05, 3.63) is 71.7 Å². The Hall–Kier alpha value is -3.67. The minimum atomic E-state index is -0.549. The van der Waals surface area contributed by atoms with E-state index in [9.17, 15) is 4.39 Å². The van der Waals surface area contributed by atoms with Crippen LogP contribution in [0.3, 0.4) is 0 Å². The number of pyridine rings is 2. The Kier molecular flexibility index (Phi) is 4.10. The molecule has 5 nitrogen and oxygen atoms in total. The lowest BCUT2D eigenvalue weighted by atomic mass is 10.00. The zero-order valence-corrected chi connectivity index (χ0v) is 17.2. The number of rotatable bonds is 2. The number of aryl methyl sites for hydroxylation is 4. The molecular weight excluding hydrogens is 379 g/mol. The molecule has 1 aromatic carbocycles. The summed E-state index contributed by atoms with van der Waals surface area (Å²) in [6.45, 7) is 6.01. The van der Waals surface area contributed by atoms with Gasteiger partial charge in [-0.2, -0.15) is 9.37 Å². The molecule has 4 aromatic heterocycles. The molecule has 0 aliphatic rings. The van der Waals surface area contributed by atoms with E-state index in [2.05, 4.69) is 27.1 Å². The second kappa shape index (κ2) is 6.69. The fraction of sp³-hybridized carbons (Fsp3) is 0.167. The first-order valence-electron chi connectivity index (χ1n) is 9.70. The van der Waals surface area contributed by atoms with Gasteiger partial charge in [0.2, 0.25) is 11.7 Å². The van der Waals surface area contributed by atoms with E-state index >= 15 is 0 Å². The highest BCUT2D eigenvalue weighted by atomic mass is 19.1. The van der Waals surface area contributed by atoms with Crippen molar-refractivity contribution in [1.29, 1.82) is 0 Å². The van der Waals surface area contributed by atoms with Crippen LogP contribution in [0.1, 0.15) is 17.0 Å². The maximum absolute atomic E-state index is 13.5. The highest BCUT2D eigenvalue weighted by Crippen LogP contribution is 2.34. The Morgan fingerprint density at radius 3 is 2.43 bits per heavy atom. The van der Waals surface area contributed by atoms with Gasteiger partial charge >= 0.3 is 0 Å². The molecule has 148 valence electrons. The van der Waals surface area contributed by atoms with Crippen LogP contribution in [-0.4, -0.2) is 15.0 Å². The molecule has 5 rings (SSSR count). The fourth-order valence-electron chi connectivity index (χ4n) is 3.94. The Morgan fingerprint density at radius 2 is 1.67 bits per heavy atom. The molecular formula is C24H20FN4O+. The number of hydrogen-bond donors (Lipinski definition) is 0. The minimum absolute atomic E-state index is 0.309. The summed E-state index contributed by atoms with van der Waals surface area (Å²) in [4.78, 5) is 13.0. The fourth-order valence-corrected chi connectivity index (χ4v) is 3.94. The van der Waals surface area contributed by atoms with Gasteiger partial charge in [-0.05, 0) is 67.7 Å². The number of benzene rings is 1. The van der Waals surface area contributed by atoms with Gasteiger partial charge in [0.25, 0.3) is 6.33 Å². The Balaban J connectivity index is 1.73. The van der Waals surface area contributed by atoms with Gasteiger partial charge in [0.05, 0.1) is 7.05 Å². The van der Waals surface area contributed by atoms with Crippen LogP contribution in [-0.2, 0) is 7.05 Å². The van der Waals surface area contributed by atoms with Gasteiger partial charge in [-0.25, -0.2) is 4.57 Å². The first-order valence-corrected chi connectivity index (χ1v) is 9.70. The minimum Gasteiger partial charge on any atom is -0.438 e. The second-order valence-corrected chi connectivity index (χ2v) is 7.66. The maximum atomic E-state index is 13.5. The molecule has 0 radical (unpaired) electrons. The first kappa shape index (κ1) is 18.4. The summed E-state index contributed by atoms with van der Waals surface area (Å²) in [6, 6.07) is 13.3. The van der Waals surface area contributed by atoms with Crippen LogP contribution < -0.4 is 4.57 Å². The topological polar surface area (TPSA) is 55.7 Å². The van der Waals surface area contributed by atoms with Gasteiger partial charge in [0.1, 0.15) is 11.3 Å². The molecule has 0 unspecified atom stereocenters. The van der Waals surface area contributed by atoms with E-state index in [1.165, 1.54) is 6.07 Å². The average molecular weight is 399 g/mol. The molecule has 0 aliphatic heterocycles. The average Bonchev–Trinajstić information content (AvgIpc) is 3.03. The number of nitrogens with zero attached hydrogens (tertiary/aromatic N) is 4. The number of aromatic nitrogens is 4. The van der Waals surface area contributed by atoms with E-state index in [0.717, 1.165) is 50.2 Å². The van der Waals surface area contributed by atoms with Crippen LogP contribution in [0.4, 0.5) is 4.39 Å². The van der Waals surface area contributed by atoms with Crippen LogP contribution in [0.5, 0.6) is 0 Å². The molecule has 30 heavy (non-hydrogen) atoms. The molecule has 4 heterocycles. The zero-order valence-electron chi connectivity index (χ0n) is 17.2. The van der Waals surface area contributed by atoms with Gasteiger partial charge in [-0.15, -0.1) is 0 Å². The predicted octanol–water partition coefficient (Wildman–Crippen LogP) is 4.99. The largest absolute Gasteiger partial charge is 0.438 e. The molecule has 0 bridgehead atoms. The van der Waals surface area contributed by atoms with Gasteiger partial charge < -0.3 is 4.42 Å². The van der Waals surface area contributed by atoms with Crippen molar-refractivity contribution in [3.63, 3.8) is 0 Å². The monoisotopic (exact) mass is 399 g/mol. The number of furan rings is 1. The second-order valence-electron chi connectivity index (χ2n) is 7.66. The van der Waals surface area contributed by atoms with Crippen molar-refractivity contribution in [3.8, 4) is 22.5 Å². The van der Waals surface area contributed by atoms with Crippen molar-refractivity contribution in [2.75, 3.05) is 0 Å². The third kappa shape index (κ3) is 3.01. The van der Waals surface area contributed by atoms with E-state index in [-0.39, 0.29) is 0 Å². The van der Waals surface area contributed by atoms with Gasteiger partial charge in [-0.3, -0.25) is 4.98 Å². The molecule has 0 fully saturated rings. The summed E-state index contributed by atoms with van der Waals surface area (Å²) in [6.07, 6.45) is 1.82. The maximum Gasteiger partial charge on any atom is 0.287 e. The molecule has 0 spiro atoms. The van der Waals surface area contributed by atoms with Crippen molar-refractivity contribution in [2.45, 2.75) is 20.8 Å². The molecule has 0 atom stereocenters. The van der Waals surface area contributed by atoms with E-state index in [1.54, 1.807) is 6.07 Å². The van der Waals surface area contributed by atoms with Crippen molar-refractivity contribution in [2.24, 2.45) is 7.05 Å². The molecule has 0 N–H and O–H groups in total. The molecule has 0 aliphatic carbocycles. The van der Waals surface area contributed by atoms with E-state index in [1.807, 2.05) is 56.9 Å². The molecule has 0 saturated heterocycles. The van der Waals surface area contributed by atoms with Crippen LogP contribution in [0.15, 0.2) is 53.2 Å². The number of halogens is 1. The van der Waals surface area contributed by atoms with Gasteiger partial charge in [-0.1, -0.05) is 0 Å². The Morgan fingerprint density at radius 1 is 0.900 bits per heavy atom. The summed E-state index contributed by atoms with van der Waals surface area (Å²) < 4.78 is 21.3. The Bertz CT molecular complexity index is 1440. The lowest BCUT2D eigenvalue weighted by Crippen LogP contribution is -2.31. The van der Waals surface area contributed by atoms with E-state index in [0.29, 0.717) is 11.3 Å². The zero-order chi connectivity index (χ0) is 21.0. The van der Waals surface area contributed by atoms with E-state index in [4.69, 9.17) is 4.42 Å². The quantitative estimate of drug-likeness (QED) is 0.310. The van der Waals surface area contributed by atoms with Crippen molar-refractivity contribution in [1.82, 2.24) is 15.0 Å². The molecule has 0 amide bonds. The van der Waals surface area contributed by atoms with E-state index < -0.39 is 5.95 Å². The lowest BCUT2D eigenvalue weighted by molar-refractivity contribution is -0.663. The summed E-state index contributed by atoms with van der Waals surface area (Å²) >= 11 is 0. The Labute approximate surface area is 172 Å². The number of fused-ring (bicyclic) bond motifs is 3. The summed E-state index contributed by atoms with van der Waals surface area (Å²) in [5, 5.41) is 1.71. The predicted molar refractivity (Wildman–Crippen MR) is 113 cm³/mol. The number of hydrogen-bond acceptors (Lipinski definition) is 4. The standard InChI is InChI=1S/C24H20FN4O/c1-13-7-22-19(17-5-6-23(25)28-24(17)30-22)10-18(13)21-11-20(26-12-29(21)4)16-8-14(2)27-15(3)9-16/h5-12H,1-4H3/q+1. The molecule has 5 aromatic rings. The smallest absolute Gasteiger partial charge is 0.287 e. The highest BCUT2D eigenvalue weighted by molar-refractivity contribution is 6.05. The van der Waals surface area contributed by atoms with Crippen molar-refractivity contribution >= 4 is 22.1 Å².